The predicted octanol–water partition coefficient (Wildman–Crippen LogP) is 2.94. The highest BCUT2D eigenvalue weighted by Gasteiger charge is 2.16. The first-order valence-corrected chi connectivity index (χ1v) is 5.51. The number of nitrogens with one attached hydrogen (secondary N) is 1. The molecule has 0 spiro atoms. The van der Waals surface area contributed by atoms with Crippen LogP contribution in [-0.2, 0) is 0 Å². The Morgan fingerprint density at radius 3 is 2.46 bits per heavy atom. The van der Waals surface area contributed by atoms with Crippen molar-refractivity contribution in [2.75, 3.05) is 0 Å². The zero-order valence-corrected chi connectivity index (χ0v) is 9.14. The lowest BCUT2D eigenvalue weighted by molar-refractivity contribution is 0.311. The Labute approximate surface area is 81.8 Å². The van der Waals surface area contributed by atoms with Gasteiger partial charge < -0.3 is 5.43 Å². The molecule has 1 rings (SSSR count). The second-order valence-corrected chi connectivity index (χ2v) is 4.29. The van der Waals surface area contributed by atoms with Crippen LogP contribution in [0.5, 0.6) is 0 Å². The van der Waals surface area contributed by atoms with Gasteiger partial charge in [-0.3, -0.25) is 0 Å². The highest BCUT2D eigenvalue weighted by atomic mass is 15.3. The van der Waals surface area contributed by atoms with E-state index in [1.807, 2.05) is 0 Å². The molecule has 1 aliphatic rings. The van der Waals surface area contributed by atoms with Crippen LogP contribution in [0.2, 0.25) is 0 Å². The first-order chi connectivity index (χ1) is 6.22. The third-order valence-corrected chi connectivity index (χ3v) is 2.97. The maximum absolute atomic E-state index is 4.36. The van der Waals surface area contributed by atoms with E-state index in [9.17, 15) is 0 Å². The second-order valence-electron chi connectivity index (χ2n) is 4.29. The Bertz CT molecular complexity index is 167. The average Bonchev–Trinajstić information content (AvgIpc) is 2.16. The molecule has 0 aromatic rings. The highest BCUT2D eigenvalue weighted by Crippen LogP contribution is 2.23. The molecule has 0 amide bonds. The first-order valence-electron chi connectivity index (χ1n) is 5.51. The molecule has 0 bridgehead atoms. The van der Waals surface area contributed by atoms with Gasteiger partial charge in [-0.1, -0.05) is 13.8 Å². The van der Waals surface area contributed by atoms with Crippen molar-refractivity contribution >= 4 is 5.71 Å². The van der Waals surface area contributed by atoms with Crippen LogP contribution in [0, 0.1) is 5.92 Å². The minimum atomic E-state index is 0.637. The first kappa shape index (κ1) is 10.6. The van der Waals surface area contributed by atoms with Crippen molar-refractivity contribution in [2.24, 2.45) is 11.0 Å². The smallest absolute Gasteiger partial charge is 0.0440 e. The van der Waals surface area contributed by atoms with Gasteiger partial charge in [-0.15, -0.1) is 0 Å². The van der Waals surface area contributed by atoms with E-state index in [1.54, 1.807) is 0 Å². The Hall–Kier alpha value is -0.530. The third-order valence-electron chi connectivity index (χ3n) is 2.97. The van der Waals surface area contributed by atoms with Crippen LogP contribution in [0.25, 0.3) is 0 Å². The van der Waals surface area contributed by atoms with Crippen LogP contribution in [-0.4, -0.2) is 11.8 Å². The molecule has 0 aromatic heterocycles. The van der Waals surface area contributed by atoms with Crippen molar-refractivity contribution < 1.29 is 0 Å². The zero-order valence-electron chi connectivity index (χ0n) is 9.14. The molecule has 1 aliphatic carbocycles. The summed E-state index contributed by atoms with van der Waals surface area (Å²) in [6.45, 7) is 6.57. The van der Waals surface area contributed by atoms with Gasteiger partial charge in [0.25, 0.3) is 0 Å². The van der Waals surface area contributed by atoms with Crippen molar-refractivity contribution in [3.8, 4) is 0 Å². The zero-order chi connectivity index (χ0) is 9.68. The summed E-state index contributed by atoms with van der Waals surface area (Å²) in [4.78, 5) is 0. The fraction of sp³-hybridized carbons (Fsp3) is 0.909. The van der Waals surface area contributed by atoms with E-state index in [0.717, 1.165) is 12.3 Å². The molecule has 1 fully saturated rings. The minimum Gasteiger partial charge on any atom is -0.307 e. The van der Waals surface area contributed by atoms with Gasteiger partial charge >= 0.3 is 0 Å². The van der Waals surface area contributed by atoms with Crippen LogP contribution in [0.4, 0.5) is 0 Å². The van der Waals surface area contributed by atoms with Crippen molar-refractivity contribution in [3.05, 3.63) is 0 Å². The number of hydrogen-bond acceptors (Lipinski definition) is 2. The fourth-order valence-corrected chi connectivity index (χ4v) is 1.67. The molecule has 0 aromatic carbocycles. The van der Waals surface area contributed by atoms with Gasteiger partial charge in [0.2, 0.25) is 0 Å². The van der Waals surface area contributed by atoms with E-state index >= 15 is 0 Å². The summed E-state index contributed by atoms with van der Waals surface area (Å²) in [5, 5.41) is 4.36. The summed E-state index contributed by atoms with van der Waals surface area (Å²) in [6, 6.07) is 0.637. The van der Waals surface area contributed by atoms with Gasteiger partial charge in [0, 0.05) is 11.8 Å². The average molecular weight is 182 g/mol. The van der Waals surface area contributed by atoms with Crippen LogP contribution in [0.3, 0.4) is 0 Å². The van der Waals surface area contributed by atoms with Crippen LogP contribution >= 0.6 is 0 Å². The van der Waals surface area contributed by atoms with E-state index in [4.69, 9.17) is 0 Å². The summed E-state index contributed by atoms with van der Waals surface area (Å²) in [5.74, 6) is 0.925. The Balaban J connectivity index is 2.23. The van der Waals surface area contributed by atoms with Crippen LogP contribution < -0.4 is 5.43 Å². The number of hydrazone groups is 1. The molecule has 0 heterocycles. The molecule has 13 heavy (non-hydrogen) atoms. The van der Waals surface area contributed by atoms with E-state index in [1.165, 1.54) is 31.4 Å². The van der Waals surface area contributed by atoms with Crippen LogP contribution in [0.1, 0.15) is 52.9 Å². The molecular formula is C11H22N2. The number of nitrogens with zero attached hydrogens (tertiary/aromatic N) is 1. The van der Waals surface area contributed by atoms with Gasteiger partial charge in [0.05, 0.1) is 0 Å². The topological polar surface area (TPSA) is 24.4 Å². The van der Waals surface area contributed by atoms with E-state index < -0.39 is 0 Å². The van der Waals surface area contributed by atoms with Gasteiger partial charge in [-0.05, 0) is 44.9 Å². The summed E-state index contributed by atoms with van der Waals surface area (Å²) in [6.07, 6.45) is 6.36. The second kappa shape index (κ2) is 5.25. The molecule has 2 heteroatoms. The lowest BCUT2D eigenvalue weighted by Gasteiger charge is -2.25. The molecular weight excluding hydrogens is 160 g/mol. The van der Waals surface area contributed by atoms with Crippen molar-refractivity contribution in [3.63, 3.8) is 0 Å². The molecule has 0 aliphatic heterocycles. The quantitative estimate of drug-likeness (QED) is 0.526. The minimum absolute atomic E-state index is 0.637. The fourth-order valence-electron chi connectivity index (χ4n) is 1.67. The van der Waals surface area contributed by atoms with E-state index in [-0.39, 0.29) is 0 Å². The maximum atomic E-state index is 4.36. The molecule has 76 valence electrons. The summed E-state index contributed by atoms with van der Waals surface area (Å²) in [5.41, 5.74) is 4.49. The van der Waals surface area contributed by atoms with Crippen molar-refractivity contribution in [1.29, 1.82) is 0 Å². The summed E-state index contributed by atoms with van der Waals surface area (Å²) in [7, 11) is 0. The summed E-state index contributed by atoms with van der Waals surface area (Å²) < 4.78 is 0. The third kappa shape index (κ3) is 3.79. The Morgan fingerprint density at radius 1 is 1.31 bits per heavy atom. The lowest BCUT2D eigenvalue weighted by Crippen LogP contribution is -2.29. The van der Waals surface area contributed by atoms with Gasteiger partial charge in [-0.2, -0.15) is 5.10 Å². The van der Waals surface area contributed by atoms with Crippen molar-refractivity contribution in [1.82, 2.24) is 5.43 Å². The van der Waals surface area contributed by atoms with Crippen molar-refractivity contribution in [2.45, 2.75) is 58.9 Å². The van der Waals surface area contributed by atoms with Crippen LogP contribution in [0.15, 0.2) is 5.10 Å². The molecule has 2 nitrogen and oxygen atoms in total. The van der Waals surface area contributed by atoms with Gasteiger partial charge in [0.15, 0.2) is 0 Å². The highest BCUT2D eigenvalue weighted by molar-refractivity contribution is 5.81. The van der Waals surface area contributed by atoms with E-state index in [2.05, 4.69) is 31.3 Å². The largest absolute Gasteiger partial charge is 0.307 e. The van der Waals surface area contributed by atoms with E-state index in [0.29, 0.717) is 6.04 Å². The van der Waals surface area contributed by atoms with Gasteiger partial charge in [0.1, 0.15) is 0 Å². The standard InChI is InChI=1S/C11H22N2/c1-4-10(3)12-13-11-7-5-9(2)6-8-11/h9,11,13H,4-8H2,1-3H3/b12-10+. The molecule has 0 atom stereocenters. The molecule has 0 unspecified atom stereocenters. The molecule has 0 radical (unpaired) electrons. The maximum Gasteiger partial charge on any atom is 0.0440 e. The summed E-state index contributed by atoms with van der Waals surface area (Å²) >= 11 is 0. The monoisotopic (exact) mass is 182 g/mol. The molecule has 1 N–H and O–H groups in total. The Kier molecular flexibility index (Phi) is 4.26. The Morgan fingerprint density at radius 2 is 1.92 bits per heavy atom. The normalized spacial score (nSPS) is 30.2. The SMILES string of the molecule is CC/C(C)=N/NC1CCC(C)CC1. The molecule has 0 saturated heterocycles. The lowest BCUT2D eigenvalue weighted by atomic mass is 9.88. The predicted molar refractivity (Wildman–Crippen MR) is 58.0 cm³/mol. The number of rotatable bonds is 3. The number of hydrogen-bond donors (Lipinski definition) is 1. The molecule has 1 saturated carbocycles. The van der Waals surface area contributed by atoms with Gasteiger partial charge in [-0.25, -0.2) is 0 Å².